The number of carbonyl (C=O) groups is 1. The van der Waals surface area contributed by atoms with Gasteiger partial charge in [-0.25, -0.2) is 9.18 Å². The lowest BCUT2D eigenvalue weighted by Gasteiger charge is -2.43. The Morgan fingerprint density at radius 1 is 1.30 bits per heavy atom. The lowest BCUT2D eigenvalue weighted by Crippen LogP contribution is -2.48. The van der Waals surface area contributed by atoms with Gasteiger partial charge in [-0.05, 0) is 56.0 Å². The number of nitrogens with zero attached hydrogens (tertiary/aromatic N) is 2. The third-order valence-corrected chi connectivity index (χ3v) is 5.27. The molecular formula is C21H25FN2O3. The molecule has 1 aliphatic heterocycles. The molecule has 0 saturated carbocycles. The van der Waals surface area contributed by atoms with Gasteiger partial charge >= 0.3 is 6.09 Å². The highest BCUT2D eigenvalue weighted by Crippen LogP contribution is 2.40. The van der Waals surface area contributed by atoms with E-state index in [1.807, 2.05) is 26.0 Å². The molecule has 144 valence electrons. The fourth-order valence-electron chi connectivity index (χ4n) is 3.57. The maximum atomic E-state index is 13.3. The van der Waals surface area contributed by atoms with Crippen LogP contribution < -0.4 is 0 Å². The zero-order valence-corrected chi connectivity index (χ0v) is 15.7. The van der Waals surface area contributed by atoms with Crippen molar-refractivity contribution in [2.45, 2.75) is 44.8 Å². The number of halogens is 1. The number of benzene rings is 1. The van der Waals surface area contributed by atoms with Gasteiger partial charge in [-0.3, -0.25) is 4.98 Å². The molecule has 1 saturated heterocycles. The molecule has 0 radical (unpaired) electrons. The second-order valence-electron chi connectivity index (χ2n) is 7.05. The molecule has 27 heavy (non-hydrogen) atoms. The molecule has 1 N–H and O–H groups in total. The van der Waals surface area contributed by atoms with Crippen LogP contribution in [-0.4, -0.2) is 34.2 Å². The smallest absolute Gasteiger partial charge is 0.411 e. The molecule has 0 bridgehead atoms. The number of aliphatic hydroxyl groups excluding tert-OH is 1. The van der Waals surface area contributed by atoms with Crippen molar-refractivity contribution in [3.05, 3.63) is 65.2 Å². The van der Waals surface area contributed by atoms with Crippen LogP contribution in [0.25, 0.3) is 0 Å². The van der Waals surface area contributed by atoms with Crippen molar-refractivity contribution in [3.8, 4) is 0 Å². The van der Waals surface area contributed by atoms with Crippen molar-refractivity contribution in [1.82, 2.24) is 9.88 Å². The molecule has 1 aliphatic rings. The predicted molar refractivity (Wildman–Crippen MR) is 99.6 cm³/mol. The first kappa shape index (κ1) is 19.3. The molecule has 1 unspecified atom stereocenters. The lowest BCUT2D eigenvalue weighted by molar-refractivity contribution is -0.0680. The number of aryl methyl sites for hydroxylation is 1. The number of cyclic esters (lactones) is 1. The Hall–Kier alpha value is -2.47. The van der Waals surface area contributed by atoms with Gasteiger partial charge in [0.2, 0.25) is 0 Å². The fraction of sp³-hybridized carbons (Fsp3) is 0.429. The summed E-state index contributed by atoms with van der Waals surface area (Å²) < 4.78 is 19.2. The van der Waals surface area contributed by atoms with Crippen LogP contribution in [-0.2, 0) is 10.3 Å². The van der Waals surface area contributed by atoms with Crippen LogP contribution >= 0.6 is 0 Å². The van der Waals surface area contributed by atoms with Gasteiger partial charge < -0.3 is 14.7 Å². The molecule has 0 spiro atoms. The van der Waals surface area contributed by atoms with E-state index in [4.69, 9.17) is 4.74 Å². The molecule has 2 heterocycles. The SMILES string of the molecule is Cc1ccc([C@H](C)N2CCC(CCCO)(c3ccc(F)cc3)OC2=O)cn1. The second-order valence-corrected chi connectivity index (χ2v) is 7.05. The number of hydrogen-bond donors (Lipinski definition) is 1. The number of amides is 1. The summed E-state index contributed by atoms with van der Waals surface area (Å²) in [5.41, 5.74) is 1.79. The number of aromatic nitrogens is 1. The standard InChI is InChI=1S/C21H25FN2O3/c1-15-4-5-17(14-23-15)16(2)24-12-11-21(10-3-13-25,27-20(24)26)18-6-8-19(22)9-7-18/h4-9,14,16,25H,3,10-13H2,1-2H3/t16-,21?/m0/s1. The number of hydrogen-bond acceptors (Lipinski definition) is 4. The molecule has 1 fully saturated rings. The summed E-state index contributed by atoms with van der Waals surface area (Å²) in [6.45, 7) is 4.39. The summed E-state index contributed by atoms with van der Waals surface area (Å²) in [5, 5.41) is 9.26. The van der Waals surface area contributed by atoms with E-state index in [1.54, 1.807) is 23.2 Å². The maximum Gasteiger partial charge on any atom is 0.411 e. The first-order chi connectivity index (χ1) is 12.9. The van der Waals surface area contributed by atoms with Crippen LogP contribution in [0.15, 0.2) is 42.6 Å². The minimum absolute atomic E-state index is 0.00957. The summed E-state index contributed by atoms with van der Waals surface area (Å²) in [7, 11) is 0. The van der Waals surface area contributed by atoms with Gasteiger partial charge in [-0.15, -0.1) is 0 Å². The molecule has 3 rings (SSSR count). The van der Waals surface area contributed by atoms with E-state index in [1.165, 1.54) is 12.1 Å². The van der Waals surface area contributed by atoms with Gasteiger partial charge in [0.15, 0.2) is 0 Å². The zero-order chi connectivity index (χ0) is 19.4. The van der Waals surface area contributed by atoms with Crippen molar-refractivity contribution < 1.29 is 19.0 Å². The lowest BCUT2D eigenvalue weighted by atomic mass is 9.84. The van der Waals surface area contributed by atoms with Crippen molar-refractivity contribution in [2.24, 2.45) is 0 Å². The average Bonchev–Trinajstić information content (AvgIpc) is 2.67. The third kappa shape index (κ3) is 4.11. The average molecular weight is 372 g/mol. The quantitative estimate of drug-likeness (QED) is 0.829. The molecule has 5 nitrogen and oxygen atoms in total. The van der Waals surface area contributed by atoms with Crippen molar-refractivity contribution >= 4 is 6.09 Å². The second kappa shape index (κ2) is 8.05. The molecule has 0 aliphatic carbocycles. The van der Waals surface area contributed by atoms with Crippen LogP contribution in [0, 0.1) is 12.7 Å². The van der Waals surface area contributed by atoms with E-state index in [0.717, 1.165) is 16.8 Å². The predicted octanol–water partition coefficient (Wildman–Crippen LogP) is 4.10. The zero-order valence-electron chi connectivity index (χ0n) is 15.7. The summed E-state index contributed by atoms with van der Waals surface area (Å²) in [6.07, 6.45) is 2.95. The topological polar surface area (TPSA) is 62.7 Å². The van der Waals surface area contributed by atoms with E-state index >= 15 is 0 Å². The maximum absolute atomic E-state index is 13.3. The Morgan fingerprint density at radius 2 is 2.04 bits per heavy atom. The summed E-state index contributed by atoms with van der Waals surface area (Å²) in [5.74, 6) is -0.333. The fourth-order valence-corrected chi connectivity index (χ4v) is 3.57. The molecular weight excluding hydrogens is 347 g/mol. The van der Waals surface area contributed by atoms with E-state index in [9.17, 15) is 14.3 Å². The largest absolute Gasteiger partial charge is 0.438 e. The van der Waals surface area contributed by atoms with Crippen LogP contribution in [0.5, 0.6) is 0 Å². The van der Waals surface area contributed by atoms with Crippen molar-refractivity contribution in [2.75, 3.05) is 13.2 Å². The molecule has 6 heteroatoms. The van der Waals surface area contributed by atoms with Crippen molar-refractivity contribution in [3.63, 3.8) is 0 Å². The van der Waals surface area contributed by atoms with Gasteiger partial charge in [0, 0.05) is 31.5 Å². The van der Waals surface area contributed by atoms with E-state index in [-0.39, 0.29) is 18.5 Å². The van der Waals surface area contributed by atoms with Crippen molar-refractivity contribution in [1.29, 1.82) is 0 Å². The van der Waals surface area contributed by atoms with Gasteiger partial charge in [0.05, 0.1) is 6.04 Å². The third-order valence-electron chi connectivity index (χ3n) is 5.27. The summed E-state index contributed by atoms with van der Waals surface area (Å²) >= 11 is 0. The molecule has 2 aromatic rings. The Morgan fingerprint density at radius 3 is 2.63 bits per heavy atom. The van der Waals surface area contributed by atoms with Gasteiger partial charge in [0.1, 0.15) is 11.4 Å². The van der Waals surface area contributed by atoms with E-state index < -0.39 is 11.7 Å². The highest BCUT2D eigenvalue weighted by atomic mass is 19.1. The molecule has 1 amide bonds. The van der Waals surface area contributed by atoms with Gasteiger partial charge in [0.25, 0.3) is 0 Å². The highest BCUT2D eigenvalue weighted by molar-refractivity contribution is 5.70. The number of carbonyl (C=O) groups excluding carboxylic acids is 1. The minimum atomic E-state index is -0.838. The van der Waals surface area contributed by atoms with Crippen LogP contribution in [0.3, 0.4) is 0 Å². The van der Waals surface area contributed by atoms with Gasteiger partial charge in [-0.2, -0.15) is 0 Å². The summed E-state index contributed by atoms with van der Waals surface area (Å²) in [4.78, 5) is 18.8. The first-order valence-electron chi connectivity index (χ1n) is 9.24. The van der Waals surface area contributed by atoms with Crippen LogP contribution in [0.4, 0.5) is 9.18 Å². The number of ether oxygens (including phenoxy) is 1. The monoisotopic (exact) mass is 372 g/mol. The number of pyridine rings is 1. The Labute approximate surface area is 158 Å². The molecule has 2 atom stereocenters. The molecule has 1 aromatic carbocycles. The Kier molecular flexibility index (Phi) is 5.75. The van der Waals surface area contributed by atoms with Crippen LogP contribution in [0.2, 0.25) is 0 Å². The number of aliphatic hydroxyl groups is 1. The molecule has 1 aromatic heterocycles. The number of rotatable bonds is 6. The minimum Gasteiger partial charge on any atom is -0.438 e. The van der Waals surface area contributed by atoms with Gasteiger partial charge in [-0.1, -0.05) is 18.2 Å². The first-order valence-corrected chi connectivity index (χ1v) is 9.24. The summed E-state index contributed by atoms with van der Waals surface area (Å²) in [6, 6.07) is 9.79. The van der Waals surface area contributed by atoms with E-state index in [2.05, 4.69) is 4.98 Å². The van der Waals surface area contributed by atoms with Crippen LogP contribution in [0.1, 0.15) is 49.0 Å². The Bertz CT molecular complexity index is 779. The highest BCUT2D eigenvalue weighted by Gasteiger charge is 2.43. The normalized spacial score (nSPS) is 21.0. The Balaban J connectivity index is 1.81. The van der Waals surface area contributed by atoms with E-state index in [0.29, 0.717) is 25.8 Å².